The third-order valence-corrected chi connectivity index (χ3v) is 7.33. The molecular weight excluding hydrogens is 384 g/mol. The molecule has 0 fully saturated rings. The van der Waals surface area contributed by atoms with Gasteiger partial charge >= 0.3 is 0 Å². The zero-order valence-electron chi connectivity index (χ0n) is 16.8. The fourth-order valence-electron chi connectivity index (χ4n) is 4.30. The lowest BCUT2D eigenvalue weighted by atomic mass is 9.80. The summed E-state index contributed by atoms with van der Waals surface area (Å²) in [5.41, 5.74) is 4.57. The summed E-state index contributed by atoms with van der Waals surface area (Å²) >= 11 is 1.89. The number of fused-ring (bicyclic) bond motifs is 2. The lowest BCUT2D eigenvalue weighted by Crippen LogP contribution is -2.26. The van der Waals surface area contributed by atoms with Gasteiger partial charge in [0.1, 0.15) is 0 Å². The van der Waals surface area contributed by atoms with Crippen molar-refractivity contribution in [2.75, 3.05) is 0 Å². The highest BCUT2D eigenvalue weighted by Gasteiger charge is 2.38. The number of thioether (sulfide) groups is 1. The van der Waals surface area contributed by atoms with Crippen LogP contribution in [0, 0.1) is 0 Å². The van der Waals surface area contributed by atoms with Crippen LogP contribution in [0.4, 0.5) is 0 Å². The third-order valence-electron chi connectivity index (χ3n) is 5.85. The number of Topliss-reactive ketones (excluding diaryl/α,β-unsaturated/α-hetero) is 1. The highest BCUT2D eigenvalue weighted by molar-refractivity contribution is 8.00. The van der Waals surface area contributed by atoms with Crippen LogP contribution in [0.15, 0.2) is 102 Å². The standard InChI is InChI=1S/C28H22OS/c1-20(29)21-13-15-25(16-14-21)28(30-26-11-3-2-4-12-26)17-7-10-24-18-22-8-5-6-9-23(22)19-27(24)28/h2-16,18-19H,17H2,1H3. The lowest BCUT2D eigenvalue weighted by Gasteiger charge is -2.37. The molecule has 0 amide bonds. The van der Waals surface area contributed by atoms with Crippen molar-refractivity contribution in [2.45, 2.75) is 23.0 Å². The van der Waals surface area contributed by atoms with Crippen LogP contribution in [-0.4, -0.2) is 5.78 Å². The lowest BCUT2D eigenvalue weighted by molar-refractivity contribution is 0.101. The molecule has 0 aliphatic heterocycles. The Labute approximate surface area is 181 Å². The molecule has 1 nitrogen and oxygen atoms in total. The molecule has 1 aliphatic carbocycles. The zero-order valence-corrected chi connectivity index (χ0v) is 17.7. The summed E-state index contributed by atoms with van der Waals surface area (Å²) in [6.45, 7) is 1.62. The molecule has 0 spiro atoms. The first-order valence-corrected chi connectivity index (χ1v) is 11.0. The minimum Gasteiger partial charge on any atom is -0.295 e. The van der Waals surface area contributed by atoms with Crippen molar-refractivity contribution in [3.05, 3.63) is 119 Å². The highest BCUT2D eigenvalue weighted by Crippen LogP contribution is 2.53. The Bertz CT molecular complexity index is 1260. The molecule has 1 aliphatic rings. The van der Waals surface area contributed by atoms with Crippen LogP contribution >= 0.6 is 11.8 Å². The molecule has 0 aromatic heterocycles. The van der Waals surface area contributed by atoms with Gasteiger partial charge in [0.05, 0.1) is 4.75 Å². The number of ketones is 1. The predicted octanol–water partition coefficient (Wildman–Crippen LogP) is 7.50. The smallest absolute Gasteiger partial charge is 0.159 e. The van der Waals surface area contributed by atoms with E-state index >= 15 is 0 Å². The molecule has 146 valence electrons. The summed E-state index contributed by atoms with van der Waals surface area (Å²) in [6.07, 6.45) is 5.43. The van der Waals surface area contributed by atoms with Gasteiger partial charge in [-0.25, -0.2) is 0 Å². The molecule has 0 saturated carbocycles. The molecule has 0 heterocycles. The van der Waals surface area contributed by atoms with Crippen LogP contribution in [0.25, 0.3) is 16.8 Å². The van der Waals surface area contributed by atoms with E-state index in [4.69, 9.17) is 0 Å². The molecule has 4 aromatic carbocycles. The fraction of sp³-hybridized carbons (Fsp3) is 0.107. The molecule has 0 N–H and O–H groups in total. The summed E-state index contributed by atoms with van der Waals surface area (Å²) in [7, 11) is 0. The van der Waals surface area contributed by atoms with E-state index in [2.05, 4.69) is 91.0 Å². The molecule has 4 aromatic rings. The number of hydrogen-bond donors (Lipinski definition) is 0. The Morgan fingerprint density at radius 2 is 1.50 bits per heavy atom. The molecule has 1 unspecified atom stereocenters. The Morgan fingerprint density at radius 3 is 2.20 bits per heavy atom. The van der Waals surface area contributed by atoms with Gasteiger partial charge in [-0.2, -0.15) is 0 Å². The van der Waals surface area contributed by atoms with E-state index < -0.39 is 0 Å². The monoisotopic (exact) mass is 406 g/mol. The molecule has 0 saturated heterocycles. The van der Waals surface area contributed by atoms with Gasteiger partial charge in [0, 0.05) is 10.5 Å². The van der Waals surface area contributed by atoms with Crippen LogP contribution in [0.2, 0.25) is 0 Å². The second kappa shape index (κ2) is 7.62. The Hall–Kier alpha value is -3.10. The Morgan fingerprint density at radius 1 is 0.833 bits per heavy atom. The van der Waals surface area contributed by atoms with Crippen molar-refractivity contribution in [1.29, 1.82) is 0 Å². The first kappa shape index (κ1) is 18.9. The zero-order chi connectivity index (χ0) is 20.6. The van der Waals surface area contributed by atoms with E-state index in [9.17, 15) is 4.79 Å². The quantitative estimate of drug-likeness (QED) is 0.326. The second-order valence-corrected chi connectivity index (χ2v) is 9.14. The average molecular weight is 407 g/mol. The molecule has 0 bridgehead atoms. The van der Waals surface area contributed by atoms with Gasteiger partial charge in [-0.05, 0) is 65.1 Å². The van der Waals surface area contributed by atoms with Crippen molar-refractivity contribution in [3.8, 4) is 0 Å². The molecule has 1 atom stereocenters. The Balaban J connectivity index is 1.74. The highest BCUT2D eigenvalue weighted by atomic mass is 32.2. The Kier molecular flexibility index (Phi) is 4.80. The minimum atomic E-state index is -0.245. The van der Waals surface area contributed by atoms with Crippen molar-refractivity contribution >= 4 is 34.4 Å². The van der Waals surface area contributed by atoms with Gasteiger partial charge < -0.3 is 0 Å². The van der Waals surface area contributed by atoms with Gasteiger partial charge in [0.15, 0.2) is 5.78 Å². The first-order chi connectivity index (χ1) is 14.7. The maximum atomic E-state index is 11.8. The van der Waals surface area contributed by atoms with Gasteiger partial charge in [0.25, 0.3) is 0 Å². The molecule has 30 heavy (non-hydrogen) atoms. The number of benzene rings is 4. The third kappa shape index (κ3) is 3.28. The predicted molar refractivity (Wildman–Crippen MR) is 127 cm³/mol. The average Bonchev–Trinajstić information content (AvgIpc) is 2.79. The molecular formula is C28H22OS. The van der Waals surface area contributed by atoms with Gasteiger partial charge in [0.2, 0.25) is 0 Å². The van der Waals surface area contributed by atoms with Crippen molar-refractivity contribution in [2.24, 2.45) is 0 Å². The number of carbonyl (C=O) groups excluding carboxylic acids is 1. The largest absolute Gasteiger partial charge is 0.295 e. The van der Waals surface area contributed by atoms with E-state index in [1.54, 1.807) is 6.92 Å². The molecule has 5 rings (SSSR count). The van der Waals surface area contributed by atoms with Crippen molar-refractivity contribution in [3.63, 3.8) is 0 Å². The first-order valence-electron chi connectivity index (χ1n) is 10.2. The molecule has 0 radical (unpaired) electrons. The summed E-state index contributed by atoms with van der Waals surface area (Å²) < 4.78 is -0.245. The fourth-order valence-corrected chi connectivity index (χ4v) is 5.72. The van der Waals surface area contributed by atoms with E-state index in [1.807, 2.05) is 23.9 Å². The number of hydrogen-bond acceptors (Lipinski definition) is 2. The van der Waals surface area contributed by atoms with Crippen molar-refractivity contribution < 1.29 is 4.79 Å². The number of carbonyl (C=O) groups is 1. The maximum absolute atomic E-state index is 11.8. The molecule has 2 heteroatoms. The van der Waals surface area contributed by atoms with Crippen LogP contribution < -0.4 is 0 Å². The SMILES string of the molecule is CC(=O)c1ccc(C2(Sc3ccccc3)CC=Cc3cc4ccccc4cc32)cc1. The van der Waals surface area contributed by atoms with E-state index in [-0.39, 0.29) is 10.5 Å². The van der Waals surface area contributed by atoms with Crippen molar-refractivity contribution in [1.82, 2.24) is 0 Å². The van der Waals surface area contributed by atoms with Crippen LogP contribution in [0.5, 0.6) is 0 Å². The maximum Gasteiger partial charge on any atom is 0.159 e. The van der Waals surface area contributed by atoms with Gasteiger partial charge in [-0.1, -0.05) is 78.9 Å². The van der Waals surface area contributed by atoms with Gasteiger partial charge in [-0.3, -0.25) is 4.79 Å². The van der Waals surface area contributed by atoms with E-state index in [0.29, 0.717) is 0 Å². The van der Waals surface area contributed by atoms with E-state index in [1.165, 1.54) is 32.4 Å². The topological polar surface area (TPSA) is 17.1 Å². The van der Waals surface area contributed by atoms with Crippen LogP contribution in [0.3, 0.4) is 0 Å². The second-order valence-electron chi connectivity index (χ2n) is 7.77. The number of rotatable bonds is 4. The summed E-state index contributed by atoms with van der Waals surface area (Å²) in [4.78, 5) is 13.1. The normalized spacial score (nSPS) is 17.6. The van der Waals surface area contributed by atoms with Gasteiger partial charge in [-0.15, -0.1) is 11.8 Å². The minimum absolute atomic E-state index is 0.0984. The summed E-state index contributed by atoms with van der Waals surface area (Å²) in [6, 6.07) is 32.0. The van der Waals surface area contributed by atoms with E-state index in [0.717, 1.165) is 12.0 Å². The van der Waals surface area contributed by atoms with Crippen LogP contribution in [-0.2, 0) is 4.75 Å². The number of allylic oxidation sites excluding steroid dienone is 1. The summed E-state index contributed by atoms with van der Waals surface area (Å²) in [5, 5.41) is 2.51. The summed E-state index contributed by atoms with van der Waals surface area (Å²) in [5.74, 6) is 0.0984. The van der Waals surface area contributed by atoms with Crippen LogP contribution in [0.1, 0.15) is 40.4 Å².